The third kappa shape index (κ3) is 4.53. The van der Waals surface area contributed by atoms with Crippen LogP contribution < -0.4 is 0 Å². The smallest absolute Gasteiger partial charge is 0.393 e. The number of alkyl halides is 17. The second-order valence-corrected chi connectivity index (χ2v) is 9.19. The summed E-state index contributed by atoms with van der Waals surface area (Å²) in [5.74, 6) is -59.2. The molecule has 1 atom stereocenters. The van der Waals surface area contributed by atoms with Gasteiger partial charge in [-0.1, -0.05) is 0 Å². The number of rotatable bonds is 9. The maximum absolute atomic E-state index is 14.1. The van der Waals surface area contributed by atoms with Gasteiger partial charge in [-0.2, -0.15) is 70.2 Å². The van der Waals surface area contributed by atoms with Crippen LogP contribution in [0.15, 0.2) is 9.15 Å². The molecule has 1 fully saturated rings. The highest BCUT2D eigenvalue weighted by atomic mass is 127. The molecule has 35 heavy (non-hydrogen) atoms. The van der Waals surface area contributed by atoms with Gasteiger partial charge in [-0.05, 0) is 44.7 Å². The highest BCUT2D eigenvalue weighted by Gasteiger charge is 2.94. The van der Waals surface area contributed by atoms with Crippen molar-refractivity contribution in [2.75, 3.05) is 6.61 Å². The summed E-state index contributed by atoms with van der Waals surface area (Å²) in [5.41, 5.74) is -0.822. The highest BCUT2D eigenvalue weighted by molar-refractivity contribution is 14.1. The first-order valence-electron chi connectivity index (χ1n) is 8.31. The normalized spacial score (nSPS) is 21.3. The molecule has 0 aromatic heterocycles. The second kappa shape index (κ2) is 8.85. The molecule has 0 aliphatic carbocycles. The van der Waals surface area contributed by atoms with Gasteiger partial charge in [-0.15, -0.1) is 0 Å². The molecule has 1 rings (SSSR count). The van der Waals surface area contributed by atoms with Gasteiger partial charge >= 0.3 is 52.8 Å². The standard InChI is InChI=1S/C15H8ClF16IO2/c1-4(33)6-5(3-35-7(6)34)2-8(17,18)9(19,20)10(21,22)11(23,24)12(25,26)13(27,28)14(29,30)15(16,31)32/h5H,2-3H2,1H3/b6-4+. The van der Waals surface area contributed by atoms with Gasteiger partial charge in [0.05, 0.1) is 12.2 Å². The van der Waals surface area contributed by atoms with Crippen LogP contribution in [0.1, 0.15) is 13.3 Å². The number of ether oxygens (including phenoxy) is 1. The van der Waals surface area contributed by atoms with Gasteiger partial charge < -0.3 is 4.74 Å². The van der Waals surface area contributed by atoms with E-state index in [4.69, 9.17) is 0 Å². The van der Waals surface area contributed by atoms with Crippen LogP contribution >= 0.6 is 34.2 Å². The maximum atomic E-state index is 14.1. The Labute approximate surface area is 202 Å². The highest BCUT2D eigenvalue weighted by Crippen LogP contribution is 2.64. The molecule has 0 spiro atoms. The fourth-order valence-electron chi connectivity index (χ4n) is 2.72. The Balaban J connectivity index is 3.58. The molecule has 0 N–H and O–H groups in total. The fourth-order valence-corrected chi connectivity index (χ4v) is 3.50. The Hall–Kier alpha value is -0.890. The molecule has 1 aliphatic heterocycles. The third-order valence-electron chi connectivity index (χ3n) is 4.70. The molecule has 0 amide bonds. The Morgan fingerprint density at radius 3 is 1.46 bits per heavy atom. The first-order chi connectivity index (χ1) is 15.1. The molecular weight excluding hydrogens is 678 g/mol. The molecule has 0 saturated carbocycles. The van der Waals surface area contributed by atoms with E-state index in [9.17, 15) is 75.0 Å². The minimum Gasteiger partial charge on any atom is -0.462 e. The minimum atomic E-state index is -8.51. The molecule has 0 bridgehead atoms. The van der Waals surface area contributed by atoms with Gasteiger partial charge in [-0.3, -0.25) is 0 Å². The SMILES string of the molecule is C/C(I)=C1\C(=O)OCC1CC(F)(F)C(F)(F)C(F)(F)C(F)(F)C(F)(F)C(F)(F)C(F)(F)C(F)(F)Cl. The van der Waals surface area contributed by atoms with Crippen LogP contribution in [0.2, 0.25) is 0 Å². The number of hydrogen-bond donors (Lipinski definition) is 0. The van der Waals surface area contributed by atoms with E-state index < -0.39 is 77.3 Å². The van der Waals surface area contributed by atoms with Crippen molar-refractivity contribution in [2.24, 2.45) is 5.92 Å². The molecule has 0 aromatic carbocycles. The first kappa shape index (κ1) is 32.1. The van der Waals surface area contributed by atoms with E-state index >= 15 is 0 Å². The number of cyclic esters (lactones) is 1. The number of carbonyl (C=O) groups excluding carboxylic acids is 1. The quantitative estimate of drug-likeness (QED) is 0.0825. The molecule has 1 heterocycles. The molecule has 1 saturated heterocycles. The zero-order valence-corrected chi connectivity index (χ0v) is 19.0. The largest absolute Gasteiger partial charge is 0.462 e. The topological polar surface area (TPSA) is 26.3 Å². The summed E-state index contributed by atoms with van der Waals surface area (Å²) in [6.07, 6.45) is -2.68. The van der Waals surface area contributed by atoms with Crippen molar-refractivity contribution in [3.8, 4) is 0 Å². The molecule has 1 unspecified atom stereocenters. The lowest BCUT2D eigenvalue weighted by Gasteiger charge is -2.43. The Morgan fingerprint density at radius 2 is 1.11 bits per heavy atom. The van der Waals surface area contributed by atoms with Crippen LogP contribution in [0.5, 0.6) is 0 Å². The van der Waals surface area contributed by atoms with Gasteiger partial charge in [0.2, 0.25) is 0 Å². The number of esters is 1. The second-order valence-electron chi connectivity index (χ2n) is 7.10. The average Bonchev–Trinajstić information content (AvgIpc) is 2.99. The molecule has 20 heteroatoms. The van der Waals surface area contributed by atoms with E-state index in [0.29, 0.717) is 0 Å². The van der Waals surface area contributed by atoms with E-state index in [2.05, 4.69) is 16.3 Å². The minimum absolute atomic E-state index is 0.235. The Bertz CT molecular complexity index is 875. The molecule has 206 valence electrons. The van der Waals surface area contributed by atoms with Crippen LogP contribution in [0, 0.1) is 5.92 Å². The van der Waals surface area contributed by atoms with E-state index in [1.165, 1.54) is 22.6 Å². The zero-order valence-electron chi connectivity index (χ0n) is 16.1. The lowest BCUT2D eigenvalue weighted by atomic mass is 9.85. The first-order valence-corrected chi connectivity index (χ1v) is 9.76. The van der Waals surface area contributed by atoms with E-state index in [-0.39, 0.29) is 3.58 Å². The number of carbonyl (C=O) groups is 1. The summed E-state index contributed by atoms with van der Waals surface area (Å²) >= 11 is 4.71. The van der Waals surface area contributed by atoms with Crippen LogP contribution in [0.3, 0.4) is 0 Å². The number of allylic oxidation sites excluding steroid dienone is 1. The van der Waals surface area contributed by atoms with E-state index in [0.717, 1.165) is 6.92 Å². The lowest BCUT2D eigenvalue weighted by molar-refractivity contribution is -0.449. The van der Waals surface area contributed by atoms with Crippen molar-refractivity contribution in [3.05, 3.63) is 9.15 Å². The maximum Gasteiger partial charge on any atom is 0.393 e. The molecule has 2 nitrogen and oxygen atoms in total. The zero-order chi connectivity index (χ0) is 28.4. The average molecular weight is 687 g/mol. The van der Waals surface area contributed by atoms with E-state index in [1.807, 2.05) is 0 Å². The number of halogens is 18. The summed E-state index contributed by atoms with van der Waals surface area (Å²) in [6.45, 7) is -0.197. The third-order valence-corrected chi connectivity index (χ3v) is 5.52. The van der Waals surface area contributed by atoms with Crippen LogP contribution in [-0.2, 0) is 9.53 Å². The van der Waals surface area contributed by atoms with Gasteiger partial charge in [0.1, 0.15) is 0 Å². The summed E-state index contributed by atoms with van der Waals surface area (Å²) in [6, 6.07) is 0. The summed E-state index contributed by atoms with van der Waals surface area (Å²) in [4.78, 5) is 11.4. The van der Waals surface area contributed by atoms with Crippen molar-refractivity contribution in [2.45, 2.75) is 60.2 Å². The van der Waals surface area contributed by atoms with Gasteiger partial charge in [0.15, 0.2) is 0 Å². The van der Waals surface area contributed by atoms with Crippen LogP contribution in [0.4, 0.5) is 70.2 Å². The fraction of sp³-hybridized carbons (Fsp3) is 0.800. The van der Waals surface area contributed by atoms with Crippen molar-refractivity contribution in [3.63, 3.8) is 0 Å². The summed E-state index contributed by atoms with van der Waals surface area (Å²) in [7, 11) is 0. The Kier molecular flexibility index (Phi) is 8.13. The number of hydrogen-bond acceptors (Lipinski definition) is 2. The van der Waals surface area contributed by atoms with Gasteiger partial charge in [0.25, 0.3) is 0 Å². The predicted molar refractivity (Wildman–Crippen MR) is 91.2 cm³/mol. The monoisotopic (exact) mass is 686 g/mol. The van der Waals surface area contributed by atoms with Gasteiger partial charge in [0, 0.05) is 12.3 Å². The predicted octanol–water partition coefficient (Wildman–Crippen LogP) is 7.54. The van der Waals surface area contributed by atoms with Crippen LogP contribution in [-0.4, -0.2) is 59.4 Å². The summed E-state index contributed by atoms with van der Waals surface area (Å²) in [5, 5.41) is -6.83. The van der Waals surface area contributed by atoms with Gasteiger partial charge in [-0.25, -0.2) is 4.79 Å². The van der Waals surface area contributed by atoms with Crippen LogP contribution in [0.25, 0.3) is 0 Å². The summed E-state index contributed by atoms with van der Waals surface area (Å²) < 4.78 is 220. The molecule has 1 aliphatic rings. The van der Waals surface area contributed by atoms with Crippen molar-refractivity contribution in [1.29, 1.82) is 0 Å². The van der Waals surface area contributed by atoms with Crippen molar-refractivity contribution < 1.29 is 79.8 Å². The molecule has 0 radical (unpaired) electrons. The van der Waals surface area contributed by atoms with Crippen molar-refractivity contribution >= 4 is 40.2 Å². The van der Waals surface area contributed by atoms with Crippen molar-refractivity contribution in [1.82, 2.24) is 0 Å². The Morgan fingerprint density at radius 1 is 0.771 bits per heavy atom. The molecular formula is C15H8ClF16IO2. The van der Waals surface area contributed by atoms with E-state index in [1.54, 1.807) is 0 Å². The molecule has 0 aromatic rings. The lowest BCUT2D eigenvalue weighted by Crippen LogP contribution is -2.74.